The minimum absolute atomic E-state index is 0.120. The first-order chi connectivity index (χ1) is 13.0. The predicted octanol–water partition coefficient (Wildman–Crippen LogP) is 3.96. The summed E-state index contributed by atoms with van der Waals surface area (Å²) in [5, 5.41) is 19.8. The number of carbonyl (C=O) groups excluding carboxylic acids is 1. The molecule has 2 aliphatic rings. The highest BCUT2D eigenvalue weighted by Gasteiger charge is 2.29. The molecular formula is C19H34N4O4. The lowest BCUT2D eigenvalue weighted by molar-refractivity contribution is -0.526. The van der Waals surface area contributed by atoms with Crippen LogP contribution in [0.4, 0.5) is 0 Å². The van der Waals surface area contributed by atoms with Crippen LogP contribution in [0.1, 0.15) is 78.1 Å². The van der Waals surface area contributed by atoms with Crippen molar-refractivity contribution >= 4 is 5.97 Å². The van der Waals surface area contributed by atoms with E-state index < -0.39 is 6.04 Å². The van der Waals surface area contributed by atoms with Gasteiger partial charge in [0.05, 0.1) is 12.1 Å². The molecule has 8 heteroatoms. The molecule has 2 fully saturated rings. The van der Waals surface area contributed by atoms with Crippen LogP contribution >= 0.6 is 0 Å². The molecule has 0 saturated heterocycles. The molecule has 154 valence electrons. The molecule has 0 aromatic heterocycles. The van der Waals surface area contributed by atoms with Gasteiger partial charge in [-0.1, -0.05) is 13.8 Å². The van der Waals surface area contributed by atoms with Crippen LogP contribution in [0.2, 0.25) is 0 Å². The van der Waals surface area contributed by atoms with Crippen molar-refractivity contribution in [3.8, 4) is 0 Å². The molecule has 0 amide bonds. The third-order valence-corrected chi connectivity index (χ3v) is 5.79. The summed E-state index contributed by atoms with van der Waals surface area (Å²) < 4.78 is 5.36. The highest BCUT2D eigenvalue weighted by atomic mass is 16.6. The fourth-order valence-electron chi connectivity index (χ4n) is 4.00. The van der Waals surface area contributed by atoms with Crippen molar-refractivity contribution in [2.45, 2.75) is 102 Å². The average molecular weight is 383 g/mol. The first-order valence-corrected chi connectivity index (χ1v) is 10.5. The second kappa shape index (κ2) is 11.3. The van der Waals surface area contributed by atoms with Gasteiger partial charge in [0.1, 0.15) is 6.73 Å². The SMILES string of the molecule is CCCC(=O)OCN(CC)C1CCC(N=NC2CCC([N+](=O)[O-])CC2)CC1. The van der Waals surface area contributed by atoms with Crippen molar-refractivity contribution in [3.63, 3.8) is 0 Å². The molecule has 0 radical (unpaired) electrons. The average Bonchev–Trinajstić information content (AvgIpc) is 2.68. The lowest BCUT2D eigenvalue weighted by Crippen LogP contribution is -2.40. The highest BCUT2D eigenvalue weighted by Crippen LogP contribution is 2.27. The van der Waals surface area contributed by atoms with Crippen LogP contribution in [0.5, 0.6) is 0 Å². The van der Waals surface area contributed by atoms with E-state index in [2.05, 4.69) is 22.1 Å². The lowest BCUT2D eigenvalue weighted by atomic mass is 9.90. The predicted molar refractivity (Wildman–Crippen MR) is 102 cm³/mol. The number of rotatable bonds is 9. The molecule has 0 heterocycles. The van der Waals surface area contributed by atoms with Crippen LogP contribution < -0.4 is 0 Å². The molecule has 0 aliphatic heterocycles. The molecule has 0 aromatic rings. The van der Waals surface area contributed by atoms with E-state index in [1.165, 1.54) is 0 Å². The molecule has 2 saturated carbocycles. The number of esters is 1. The molecule has 0 spiro atoms. The van der Waals surface area contributed by atoms with Crippen LogP contribution in [-0.2, 0) is 9.53 Å². The normalized spacial score (nSPS) is 29.1. The Hall–Kier alpha value is -1.57. The Balaban J connectivity index is 1.69. The maximum absolute atomic E-state index is 11.6. The molecule has 0 N–H and O–H groups in total. The van der Waals surface area contributed by atoms with E-state index in [1.807, 2.05) is 6.92 Å². The van der Waals surface area contributed by atoms with Crippen molar-refractivity contribution in [1.29, 1.82) is 0 Å². The summed E-state index contributed by atoms with van der Waals surface area (Å²) in [5.74, 6) is -0.120. The van der Waals surface area contributed by atoms with E-state index in [4.69, 9.17) is 4.74 Å². The van der Waals surface area contributed by atoms with E-state index in [0.29, 0.717) is 32.0 Å². The van der Waals surface area contributed by atoms with Gasteiger partial charge in [-0.25, -0.2) is 0 Å². The Morgan fingerprint density at radius 1 is 1.04 bits per heavy atom. The summed E-state index contributed by atoms with van der Waals surface area (Å²) in [5.41, 5.74) is 0. The molecule has 8 nitrogen and oxygen atoms in total. The highest BCUT2D eigenvalue weighted by molar-refractivity contribution is 5.69. The minimum atomic E-state index is -0.390. The zero-order valence-corrected chi connectivity index (χ0v) is 16.7. The van der Waals surface area contributed by atoms with Crippen molar-refractivity contribution in [2.75, 3.05) is 13.3 Å². The van der Waals surface area contributed by atoms with Gasteiger partial charge in [0.15, 0.2) is 0 Å². The molecule has 2 aliphatic carbocycles. The number of hydrogen-bond donors (Lipinski definition) is 0. The van der Waals surface area contributed by atoms with Gasteiger partial charge in [-0.05, 0) is 51.5 Å². The van der Waals surface area contributed by atoms with E-state index in [1.54, 1.807) is 0 Å². The van der Waals surface area contributed by atoms with Crippen LogP contribution in [0.3, 0.4) is 0 Å². The van der Waals surface area contributed by atoms with Crippen LogP contribution in [0.25, 0.3) is 0 Å². The summed E-state index contributed by atoms with van der Waals surface area (Å²) in [4.78, 5) is 24.5. The molecule has 0 unspecified atom stereocenters. The fraction of sp³-hybridized carbons (Fsp3) is 0.947. The zero-order chi connectivity index (χ0) is 19.6. The van der Waals surface area contributed by atoms with E-state index in [9.17, 15) is 14.9 Å². The first-order valence-electron chi connectivity index (χ1n) is 10.5. The van der Waals surface area contributed by atoms with Gasteiger partial charge in [-0.15, -0.1) is 0 Å². The standard InChI is InChI=1S/C19H34N4O4/c1-3-5-19(24)27-14-22(4-2)17-10-6-15(7-11-17)20-21-16-8-12-18(13-9-16)23(25)26/h15-18H,3-14H2,1-2H3. The van der Waals surface area contributed by atoms with E-state index in [0.717, 1.165) is 51.5 Å². The summed E-state index contributed by atoms with van der Waals surface area (Å²) >= 11 is 0. The van der Waals surface area contributed by atoms with Gasteiger partial charge in [0, 0.05) is 30.2 Å². The van der Waals surface area contributed by atoms with Crippen LogP contribution in [0, 0.1) is 10.1 Å². The van der Waals surface area contributed by atoms with Crippen LogP contribution in [-0.4, -0.2) is 53.2 Å². The quantitative estimate of drug-likeness (QED) is 0.198. The van der Waals surface area contributed by atoms with Gasteiger partial charge in [-0.2, -0.15) is 10.2 Å². The molecule has 0 aromatic carbocycles. The minimum Gasteiger partial charge on any atom is -0.449 e. The second-order valence-electron chi connectivity index (χ2n) is 7.74. The smallest absolute Gasteiger partial charge is 0.307 e. The van der Waals surface area contributed by atoms with E-state index >= 15 is 0 Å². The molecular weight excluding hydrogens is 348 g/mol. The van der Waals surface area contributed by atoms with Gasteiger partial charge < -0.3 is 4.74 Å². The van der Waals surface area contributed by atoms with Crippen molar-refractivity contribution in [3.05, 3.63) is 10.1 Å². The third-order valence-electron chi connectivity index (χ3n) is 5.79. The number of carbonyl (C=O) groups is 1. The van der Waals surface area contributed by atoms with Crippen LogP contribution in [0.15, 0.2) is 10.2 Å². The Morgan fingerprint density at radius 2 is 1.59 bits per heavy atom. The zero-order valence-electron chi connectivity index (χ0n) is 16.7. The lowest BCUT2D eigenvalue weighted by Gasteiger charge is -2.34. The number of nitrogens with zero attached hydrogens (tertiary/aromatic N) is 4. The maximum Gasteiger partial charge on any atom is 0.307 e. The number of ether oxygens (including phenoxy) is 1. The van der Waals surface area contributed by atoms with E-state index in [-0.39, 0.29) is 23.0 Å². The third kappa shape index (κ3) is 7.16. The summed E-state index contributed by atoms with van der Waals surface area (Å²) in [7, 11) is 0. The molecule has 0 bridgehead atoms. The molecule has 0 atom stereocenters. The number of nitro groups is 1. The van der Waals surface area contributed by atoms with Crippen molar-refractivity contribution in [2.24, 2.45) is 10.2 Å². The van der Waals surface area contributed by atoms with Gasteiger partial charge in [0.2, 0.25) is 6.04 Å². The maximum atomic E-state index is 11.6. The molecule has 2 rings (SSSR count). The van der Waals surface area contributed by atoms with Gasteiger partial charge in [-0.3, -0.25) is 19.8 Å². The first kappa shape index (κ1) is 21.7. The Morgan fingerprint density at radius 3 is 2.07 bits per heavy atom. The van der Waals surface area contributed by atoms with Gasteiger partial charge in [0.25, 0.3) is 0 Å². The van der Waals surface area contributed by atoms with Crippen molar-refractivity contribution in [1.82, 2.24) is 4.90 Å². The molecule has 27 heavy (non-hydrogen) atoms. The summed E-state index contributed by atoms with van der Waals surface area (Å²) in [6, 6.07) is 0.463. The second-order valence-corrected chi connectivity index (χ2v) is 7.74. The fourth-order valence-corrected chi connectivity index (χ4v) is 4.00. The number of hydrogen-bond acceptors (Lipinski definition) is 7. The van der Waals surface area contributed by atoms with Crippen molar-refractivity contribution < 1.29 is 14.5 Å². The Labute approximate surface area is 161 Å². The summed E-state index contributed by atoms with van der Waals surface area (Å²) in [6.07, 6.45) is 8.15. The summed E-state index contributed by atoms with van der Waals surface area (Å²) in [6.45, 7) is 5.32. The Kier molecular flexibility index (Phi) is 9.10. The Bertz CT molecular complexity index is 498. The topological polar surface area (TPSA) is 97.4 Å². The monoisotopic (exact) mass is 382 g/mol. The number of azo groups is 1. The van der Waals surface area contributed by atoms with Gasteiger partial charge >= 0.3 is 5.97 Å². The largest absolute Gasteiger partial charge is 0.449 e.